The quantitative estimate of drug-likeness (QED) is 0.156. The van der Waals surface area contributed by atoms with E-state index in [-0.39, 0.29) is 0 Å². The molecule has 0 amide bonds. The minimum absolute atomic E-state index is 0.949. The summed E-state index contributed by atoms with van der Waals surface area (Å²) in [4.78, 5) is 10.4. The number of hydrogen-bond donors (Lipinski definition) is 0. The Morgan fingerprint density at radius 3 is 1.21 bits per heavy atom. The van der Waals surface area contributed by atoms with Gasteiger partial charge in [0, 0.05) is 107 Å². The first-order chi connectivity index (χ1) is 49.3. The van der Waals surface area contributed by atoms with Crippen molar-refractivity contribution in [3.05, 3.63) is 286 Å². The van der Waals surface area contributed by atoms with Crippen molar-refractivity contribution in [2.45, 2.75) is 90.0 Å². The van der Waals surface area contributed by atoms with Gasteiger partial charge in [0.2, 0.25) is 0 Å². The van der Waals surface area contributed by atoms with Gasteiger partial charge >= 0.3 is 0 Å². The van der Waals surface area contributed by atoms with E-state index in [4.69, 9.17) is 0 Å². The lowest BCUT2D eigenvalue weighted by molar-refractivity contribution is 0.646. The summed E-state index contributed by atoms with van der Waals surface area (Å²) in [6, 6.07) is 75.8. The number of hydrogen-bond acceptors (Lipinski definition) is 10. The zero-order valence-corrected chi connectivity index (χ0v) is 63.9. The van der Waals surface area contributed by atoms with Crippen LogP contribution in [0.1, 0.15) is 73.9 Å². The molecule has 0 N–H and O–H groups in total. The first-order valence-electron chi connectivity index (χ1n) is 34.8. The second-order valence-corrected chi connectivity index (χ2v) is 26.6. The predicted molar refractivity (Wildman–Crippen MR) is 432 cm³/mol. The molecule has 16 heteroatoms. The van der Waals surface area contributed by atoms with Gasteiger partial charge in [0.1, 0.15) is 11.3 Å². The molecule has 0 fully saturated rings. The molecular weight excluding hydrogens is 1270 g/mol. The number of anilines is 4. The maximum absolute atomic E-state index is 4.27. The summed E-state index contributed by atoms with van der Waals surface area (Å²) in [5, 5.41) is 43.4. The molecule has 0 radical (unpaired) electrons. The van der Waals surface area contributed by atoms with Gasteiger partial charge in [0.25, 0.3) is 0 Å². The second-order valence-electron chi connectivity index (χ2n) is 26.6. The molecule has 0 saturated heterocycles. The van der Waals surface area contributed by atoms with E-state index in [1.54, 1.807) is 14.2 Å². The van der Waals surface area contributed by atoms with Gasteiger partial charge in [0.05, 0.1) is 39.7 Å². The Morgan fingerprint density at radius 2 is 0.796 bits per heavy atom. The third kappa shape index (κ3) is 17.2. The van der Waals surface area contributed by atoms with Gasteiger partial charge in [-0.15, -0.1) is 10.2 Å². The SMILES string of the molecule is Cc1cc(C)n(C)n1.Cc1ccc(C)n1C.Cc1ccc(N(C)c2ccc3c4ccccc4c4ccccc4c3c2)cc1.Cc1ccc(N(C)c2ccc3ccc4cccc5ccc2c3c45)cc1.Cc1nc(C)n(C)c1C.Cc1nn(C)nc1C.Cc1nnn(C)c1C.Cn1nnc2ccccc21. The highest BCUT2D eigenvalue weighted by Gasteiger charge is 2.15. The van der Waals surface area contributed by atoms with Crippen LogP contribution in [-0.4, -0.2) is 83.0 Å². The average molecular weight is 1370 g/mol. The van der Waals surface area contributed by atoms with E-state index >= 15 is 0 Å². The number of rotatable bonds is 4. The molecule has 0 unspecified atom stereocenters. The molecule has 17 aromatic rings. The molecule has 0 spiro atoms. The molecule has 6 heterocycles. The zero-order valence-electron chi connectivity index (χ0n) is 63.9. The Hall–Kier alpha value is -11.8. The zero-order chi connectivity index (χ0) is 73.9. The lowest BCUT2D eigenvalue weighted by Gasteiger charge is -2.23. The van der Waals surface area contributed by atoms with E-state index in [0.29, 0.717) is 0 Å². The molecule has 0 aliphatic rings. The molecule has 0 saturated carbocycles. The molecule has 16 nitrogen and oxygen atoms in total. The van der Waals surface area contributed by atoms with Gasteiger partial charge in [-0.1, -0.05) is 161 Å². The predicted octanol–water partition coefficient (Wildman–Crippen LogP) is 19.7. The Balaban J connectivity index is 0.000000135. The van der Waals surface area contributed by atoms with Crippen molar-refractivity contribution < 1.29 is 0 Å². The summed E-state index contributed by atoms with van der Waals surface area (Å²) in [6.07, 6.45) is 0. The second kappa shape index (κ2) is 32.7. The number of fused-ring (bicyclic) bond motifs is 7. The van der Waals surface area contributed by atoms with Gasteiger partial charge in [-0.3, -0.25) is 9.36 Å². The van der Waals surface area contributed by atoms with Crippen LogP contribution in [-0.2, 0) is 42.3 Å². The number of aryl methyl sites for hydroxylation is 15. The van der Waals surface area contributed by atoms with Crippen LogP contribution in [0.3, 0.4) is 0 Å². The third-order valence-electron chi connectivity index (χ3n) is 19.5. The fraction of sp³-hybridized carbons (Fsp3) is 0.241. The topological polar surface area (TPSA) is 139 Å². The highest BCUT2D eigenvalue weighted by molar-refractivity contribution is 6.26. The highest BCUT2D eigenvalue weighted by Crippen LogP contribution is 2.41. The van der Waals surface area contributed by atoms with E-state index in [9.17, 15) is 0 Å². The molecule has 6 aromatic heterocycles. The number of imidazole rings is 1. The molecule has 11 aromatic carbocycles. The van der Waals surface area contributed by atoms with Crippen LogP contribution in [0, 0.1) is 90.0 Å². The van der Waals surface area contributed by atoms with Crippen LogP contribution in [0.4, 0.5) is 22.7 Å². The van der Waals surface area contributed by atoms with Crippen LogP contribution >= 0.6 is 0 Å². The molecule has 0 aliphatic heterocycles. The van der Waals surface area contributed by atoms with Crippen LogP contribution in [0.15, 0.2) is 212 Å². The van der Waals surface area contributed by atoms with Gasteiger partial charge in [-0.05, 0) is 222 Å². The summed E-state index contributed by atoms with van der Waals surface area (Å²) in [7, 11) is 15.9. The van der Waals surface area contributed by atoms with Gasteiger partial charge in [-0.25, -0.2) is 9.67 Å². The molecular formula is C87H98N16. The molecule has 0 bridgehead atoms. The number of nitrogens with zero attached hydrogens (tertiary/aromatic N) is 16. The minimum atomic E-state index is 0.949. The largest absolute Gasteiger partial charge is 0.352 e. The fourth-order valence-electron chi connectivity index (χ4n) is 12.4. The first-order valence-corrected chi connectivity index (χ1v) is 34.8. The van der Waals surface area contributed by atoms with Crippen LogP contribution in [0.2, 0.25) is 0 Å². The number of aromatic nitrogens is 14. The van der Waals surface area contributed by atoms with Crippen LogP contribution in [0.5, 0.6) is 0 Å². The summed E-state index contributed by atoms with van der Waals surface area (Å²) < 4.78 is 9.65. The normalized spacial score (nSPS) is 10.8. The van der Waals surface area contributed by atoms with E-state index in [0.717, 1.165) is 51.0 Å². The average Bonchev–Trinajstić information content (AvgIpc) is 1.51. The highest BCUT2D eigenvalue weighted by atomic mass is 15.5. The lowest BCUT2D eigenvalue weighted by Crippen LogP contribution is -2.09. The molecule has 17 rings (SSSR count). The van der Waals surface area contributed by atoms with E-state index < -0.39 is 0 Å². The number of benzene rings is 11. The Morgan fingerprint density at radius 1 is 0.320 bits per heavy atom. The van der Waals surface area contributed by atoms with Crippen molar-refractivity contribution in [2.24, 2.45) is 42.3 Å². The summed E-state index contributed by atoms with van der Waals surface area (Å²) in [6.45, 7) is 26.4. The van der Waals surface area contributed by atoms with Crippen molar-refractivity contribution in [1.82, 2.24) is 68.9 Å². The lowest BCUT2D eigenvalue weighted by atomic mass is 9.93. The fourth-order valence-corrected chi connectivity index (χ4v) is 12.4. The van der Waals surface area contributed by atoms with Crippen molar-refractivity contribution >= 4 is 98.4 Å². The van der Waals surface area contributed by atoms with Crippen molar-refractivity contribution in [1.29, 1.82) is 0 Å². The third-order valence-corrected chi connectivity index (χ3v) is 19.5. The van der Waals surface area contributed by atoms with E-state index in [2.05, 4.69) is 304 Å². The smallest absolute Gasteiger partial charge is 0.113 e. The summed E-state index contributed by atoms with van der Waals surface area (Å²) in [5.74, 6) is 1.09. The van der Waals surface area contributed by atoms with E-state index in [1.807, 2.05) is 120 Å². The molecule has 0 atom stereocenters. The number of para-hydroxylation sites is 1. The van der Waals surface area contributed by atoms with Crippen molar-refractivity contribution in [3.8, 4) is 0 Å². The summed E-state index contributed by atoms with van der Waals surface area (Å²) in [5.41, 5.74) is 20.9. The van der Waals surface area contributed by atoms with Crippen LogP contribution in [0.25, 0.3) is 75.7 Å². The molecule has 103 heavy (non-hydrogen) atoms. The van der Waals surface area contributed by atoms with Gasteiger partial charge < -0.3 is 18.9 Å². The van der Waals surface area contributed by atoms with Crippen molar-refractivity contribution in [3.63, 3.8) is 0 Å². The standard InChI is InChI=1S/C26H21N.C24H19N.C7H7N3.C7H12N2.C7H11N.C6H10N2.2C5H9N3/c1-18-11-13-19(14-12-18)27(2)20-15-16-25-23-9-4-3-7-21(23)22-8-5-6-10-24(22)26(25)17-20;1-16-6-12-20(13-7-16)25(2)22-15-11-19-9-8-17-4-3-5-18-10-14-21(22)24(19)23(17)18;1-10-7-5-3-2-4-6(7)8-9-10;1-5-6(2)9(4)7(3)8-5;1-6-4-5-7(2)8(6)3;1-5-4-6(2)8(3)7-5;1-4-5(2)8(3)7-6-4;1-4-5(2)7-8(3)6-4/h3-17H,1-2H3;3-15H,1-2H3;2-5H,1H3;1-4H3;4-5H,1-3H3;4H,1-3H3;2*1-3H3. The van der Waals surface area contributed by atoms with Crippen molar-refractivity contribution in [2.75, 3.05) is 23.9 Å². The maximum Gasteiger partial charge on any atom is 0.113 e. The monoisotopic (exact) mass is 1370 g/mol. The molecule has 526 valence electrons. The minimum Gasteiger partial charge on any atom is -0.352 e. The maximum atomic E-state index is 4.27. The van der Waals surface area contributed by atoms with Gasteiger partial charge in [0.15, 0.2) is 0 Å². The van der Waals surface area contributed by atoms with Crippen LogP contribution < -0.4 is 9.80 Å². The molecule has 0 aliphatic carbocycles. The first kappa shape index (κ1) is 73.9. The Kier molecular flexibility index (Phi) is 23.5. The Bertz CT molecular complexity index is 5440. The Labute approximate surface area is 606 Å². The summed E-state index contributed by atoms with van der Waals surface area (Å²) >= 11 is 0. The van der Waals surface area contributed by atoms with Gasteiger partial charge in [-0.2, -0.15) is 20.1 Å². The van der Waals surface area contributed by atoms with E-state index in [1.165, 1.54) is 121 Å².